The highest BCUT2D eigenvalue weighted by Crippen LogP contribution is 2.38. The number of anilines is 2. The molecule has 0 spiro atoms. The lowest BCUT2D eigenvalue weighted by molar-refractivity contribution is 0.102. The highest BCUT2D eigenvalue weighted by atomic mass is 35.5. The van der Waals surface area contributed by atoms with E-state index in [-0.39, 0.29) is 11.7 Å². The van der Waals surface area contributed by atoms with Crippen LogP contribution in [0.1, 0.15) is 59.8 Å². The Bertz CT molecular complexity index is 937. The molecule has 28 heavy (non-hydrogen) atoms. The number of fused-ring (bicyclic) bond motifs is 1. The van der Waals surface area contributed by atoms with Gasteiger partial charge in [-0.2, -0.15) is 0 Å². The van der Waals surface area contributed by atoms with Gasteiger partial charge in [-0.05, 0) is 61.9 Å². The van der Waals surface area contributed by atoms with Gasteiger partial charge in [0, 0.05) is 15.6 Å². The fourth-order valence-corrected chi connectivity index (χ4v) is 6.28. The quantitative estimate of drug-likeness (QED) is 0.561. The van der Waals surface area contributed by atoms with Gasteiger partial charge in [-0.25, -0.2) is 8.42 Å². The second-order valence-corrected chi connectivity index (χ2v) is 10.4. The summed E-state index contributed by atoms with van der Waals surface area (Å²) in [5.41, 5.74) is 2.09. The normalized spacial score (nSPS) is 14.2. The van der Waals surface area contributed by atoms with Gasteiger partial charge in [0.05, 0.1) is 11.3 Å². The Labute approximate surface area is 175 Å². The molecule has 0 bridgehead atoms. The van der Waals surface area contributed by atoms with Crippen LogP contribution in [0, 0.1) is 0 Å². The van der Waals surface area contributed by atoms with Crippen molar-refractivity contribution in [2.24, 2.45) is 0 Å². The minimum absolute atomic E-state index is 0.0598. The van der Waals surface area contributed by atoms with Gasteiger partial charge in [0.25, 0.3) is 5.91 Å². The van der Waals surface area contributed by atoms with Crippen LogP contribution in [-0.2, 0) is 22.9 Å². The molecule has 1 aromatic carbocycles. The highest BCUT2D eigenvalue weighted by Gasteiger charge is 2.27. The average Bonchev–Trinajstić information content (AvgIpc) is 2.82. The molecule has 1 heterocycles. The zero-order valence-corrected chi connectivity index (χ0v) is 18.3. The Morgan fingerprint density at radius 3 is 2.57 bits per heavy atom. The Morgan fingerprint density at radius 1 is 1.14 bits per heavy atom. The number of benzene rings is 1. The summed E-state index contributed by atoms with van der Waals surface area (Å²) in [6, 6.07) is 6.88. The summed E-state index contributed by atoms with van der Waals surface area (Å²) in [4.78, 5) is 14.2. The first-order chi connectivity index (χ1) is 13.4. The molecule has 1 aliphatic carbocycles. The van der Waals surface area contributed by atoms with E-state index in [9.17, 15) is 13.2 Å². The predicted octanol–water partition coefficient (Wildman–Crippen LogP) is 5.46. The standard InChI is InChI=1S/C20H25ClN2O3S2/c1-2-3-13-28(25,26)23-20-18(16-7-5-4-6-8-17(16)27-20)19(24)22-15-11-9-14(21)10-12-15/h9-12,23H,2-8,13H2,1H3,(H,22,24). The molecule has 5 nitrogen and oxygen atoms in total. The molecule has 0 atom stereocenters. The van der Waals surface area contributed by atoms with Crippen LogP contribution in [0.2, 0.25) is 5.02 Å². The van der Waals surface area contributed by atoms with Crippen LogP contribution in [0.3, 0.4) is 0 Å². The van der Waals surface area contributed by atoms with Crippen molar-refractivity contribution in [3.05, 3.63) is 45.3 Å². The minimum atomic E-state index is -3.48. The smallest absolute Gasteiger partial charge is 0.258 e. The molecule has 0 saturated heterocycles. The van der Waals surface area contributed by atoms with Crippen molar-refractivity contribution in [3.8, 4) is 0 Å². The lowest BCUT2D eigenvalue weighted by atomic mass is 10.0. The van der Waals surface area contributed by atoms with Crippen LogP contribution in [0.15, 0.2) is 24.3 Å². The van der Waals surface area contributed by atoms with Crippen molar-refractivity contribution < 1.29 is 13.2 Å². The molecule has 3 rings (SSSR count). The first kappa shape index (κ1) is 21.1. The average molecular weight is 441 g/mol. The highest BCUT2D eigenvalue weighted by molar-refractivity contribution is 7.92. The second-order valence-electron chi connectivity index (χ2n) is 7.00. The first-order valence-corrected chi connectivity index (χ1v) is 12.5. The molecule has 0 radical (unpaired) electrons. The molecule has 1 aromatic heterocycles. The largest absolute Gasteiger partial charge is 0.322 e. The molecule has 0 saturated carbocycles. The molecule has 2 aromatic rings. The summed E-state index contributed by atoms with van der Waals surface area (Å²) in [6.45, 7) is 1.95. The lowest BCUT2D eigenvalue weighted by Gasteiger charge is -2.11. The summed E-state index contributed by atoms with van der Waals surface area (Å²) < 4.78 is 27.6. The van der Waals surface area contributed by atoms with Crippen LogP contribution in [-0.4, -0.2) is 20.1 Å². The number of rotatable bonds is 7. The van der Waals surface area contributed by atoms with Crippen LogP contribution >= 0.6 is 22.9 Å². The maximum absolute atomic E-state index is 13.1. The van der Waals surface area contributed by atoms with Crippen molar-refractivity contribution in [2.75, 3.05) is 15.8 Å². The third kappa shape index (κ3) is 5.27. The van der Waals surface area contributed by atoms with E-state index in [2.05, 4.69) is 10.0 Å². The maximum Gasteiger partial charge on any atom is 0.258 e. The third-order valence-electron chi connectivity index (χ3n) is 4.77. The number of halogens is 1. The number of nitrogens with one attached hydrogen (secondary N) is 2. The Kier molecular flexibility index (Phi) is 7.01. The molecule has 152 valence electrons. The van der Waals surface area contributed by atoms with Gasteiger partial charge in [-0.1, -0.05) is 31.4 Å². The predicted molar refractivity (Wildman–Crippen MR) is 117 cm³/mol. The topological polar surface area (TPSA) is 75.3 Å². The summed E-state index contributed by atoms with van der Waals surface area (Å²) in [5.74, 6) is -0.223. The zero-order valence-electron chi connectivity index (χ0n) is 15.9. The molecule has 1 amide bonds. The molecular formula is C20H25ClN2O3S2. The summed E-state index contributed by atoms with van der Waals surface area (Å²) in [5, 5.41) is 3.91. The van der Waals surface area contributed by atoms with Crippen molar-refractivity contribution in [1.82, 2.24) is 0 Å². The summed E-state index contributed by atoms with van der Waals surface area (Å²) in [7, 11) is -3.48. The maximum atomic E-state index is 13.1. The van der Waals surface area contributed by atoms with Crippen LogP contribution in [0.25, 0.3) is 0 Å². The minimum Gasteiger partial charge on any atom is -0.322 e. The number of aryl methyl sites for hydroxylation is 1. The fourth-order valence-electron chi connectivity index (χ4n) is 3.31. The zero-order chi connectivity index (χ0) is 20.1. The van der Waals surface area contributed by atoms with E-state index >= 15 is 0 Å². The number of thiophene rings is 1. The molecule has 2 N–H and O–H groups in total. The number of carbonyl (C=O) groups excluding carboxylic acids is 1. The van der Waals surface area contributed by atoms with Gasteiger partial charge in [0.15, 0.2) is 0 Å². The third-order valence-corrected chi connectivity index (χ3v) is 7.69. The van der Waals surface area contributed by atoms with E-state index in [1.807, 2.05) is 6.92 Å². The monoisotopic (exact) mass is 440 g/mol. The van der Waals surface area contributed by atoms with E-state index < -0.39 is 10.0 Å². The van der Waals surface area contributed by atoms with Crippen LogP contribution < -0.4 is 10.0 Å². The Hall–Kier alpha value is -1.57. The van der Waals surface area contributed by atoms with E-state index in [1.165, 1.54) is 11.3 Å². The first-order valence-electron chi connectivity index (χ1n) is 9.61. The number of carbonyl (C=O) groups is 1. The van der Waals surface area contributed by atoms with Crippen molar-refractivity contribution in [1.29, 1.82) is 0 Å². The van der Waals surface area contributed by atoms with Crippen molar-refractivity contribution in [2.45, 2.75) is 51.9 Å². The number of hydrogen-bond donors (Lipinski definition) is 2. The Balaban J connectivity index is 1.93. The SMILES string of the molecule is CCCCS(=O)(=O)Nc1sc2c(c1C(=O)Nc1ccc(Cl)cc1)CCCCC2. The molecule has 0 fully saturated rings. The second kappa shape index (κ2) is 9.29. The number of hydrogen-bond acceptors (Lipinski definition) is 4. The van der Waals surface area contributed by atoms with Gasteiger partial charge < -0.3 is 5.32 Å². The number of sulfonamides is 1. The molecule has 0 unspecified atom stereocenters. The van der Waals surface area contributed by atoms with Crippen molar-refractivity contribution in [3.63, 3.8) is 0 Å². The van der Waals surface area contributed by atoms with Crippen molar-refractivity contribution >= 4 is 49.6 Å². The lowest BCUT2D eigenvalue weighted by Crippen LogP contribution is -2.20. The summed E-state index contributed by atoms with van der Waals surface area (Å²) >= 11 is 7.32. The van der Waals surface area contributed by atoms with Gasteiger partial charge in [-0.3, -0.25) is 9.52 Å². The van der Waals surface area contributed by atoms with Gasteiger partial charge >= 0.3 is 0 Å². The van der Waals surface area contributed by atoms with E-state index in [0.29, 0.717) is 27.7 Å². The van der Waals surface area contributed by atoms with Gasteiger partial charge in [0.2, 0.25) is 10.0 Å². The Morgan fingerprint density at radius 2 is 1.86 bits per heavy atom. The molecule has 1 aliphatic rings. The van der Waals surface area contributed by atoms with Gasteiger partial charge in [0.1, 0.15) is 5.00 Å². The van der Waals surface area contributed by atoms with E-state index in [4.69, 9.17) is 11.6 Å². The molecule has 0 aliphatic heterocycles. The number of unbranched alkanes of at least 4 members (excludes halogenated alkanes) is 1. The van der Waals surface area contributed by atoms with Crippen LogP contribution in [0.5, 0.6) is 0 Å². The fraction of sp³-hybridized carbons (Fsp3) is 0.450. The van der Waals surface area contributed by atoms with Crippen LogP contribution in [0.4, 0.5) is 10.7 Å². The van der Waals surface area contributed by atoms with Gasteiger partial charge in [-0.15, -0.1) is 11.3 Å². The molecule has 8 heteroatoms. The molecular weight excluding hydrogens is 416 g/mol. The number of amides is 1. The van der Waals surface area contributed by atoms with E-state index in [1.54, 1.807) is 24.3 Å². The van der Waals surface area contributed by atoms with E-state index in [0.717, 1.165) is 49.0 Å². The summed E-state index contributed by atoms with van der Waals surface area (Å²) in [6.07, 6.45) is 6.26.